The van der Waals surface area contributed by atoms with Crippen molar-refractivity contribution in [3.8, 4) is 0 Å². The van der Waals surface area contributed by atoms with Crippen molar-refractivity contribution in [2.75, 3.05) is 0 Å². The predicted octanol–water partition coefficient (Wildman–Crippen LogP) is 2.89. The fraction of sp³-hybridized carbons (Fsp3) is 0.818. The van der Waals surface area contributed by atoms with E-state index in [-0.39, 0.29) is 6.10 Å². The molecule has 0 aromatic rings. The monoisotopic (exact) mass is 168 g/mol. The van der Waals surface area contributed by atoms with Crippen LogP contribution in [0.5, 0.6) is 0 Å². The molecule has 0 spiro atoms. The minimum atomic E-state index is -0.0348. The second-order valence-electron chi connectivity index (χ2n) is 3.83. The van der Waals surface area contributed by atoms with Gasteiger partial charge in [-0.3, -0.25) is 0 Å². The van der Waals surface area contributed by atoms with Crippen LogP contribution in [-0.2, 0) is 0 Å². The van der Waals surface area contributed by atoms with Crippen LogP contribution in [0.2, 0.25) is 0 Å². The van der Waals surface area contributed by atoms with Crippen LogP contribution in [0.4, 0.5) is 0 Å². The second kappa shape index (κ2) is 5.36. The molecule has 1 aliphatic rings. The molecule has 70 valence electrons. The van der Waals surface area contributed by atoms with Crippen molar-refractivity contribution in [3.05, 3.63) is 12.7 Å². The lowest BCUT2D eigenvalue weighted by atomic mass is 9.96. The van der Waals surface area contributed by atoms with Gasteiger partial charge < -0.3 is 5.11 Å². The second-order valence-corrected chi connectivity index (χ2v) is 3.83. The Labute approximate surface area is 75.5 Å². The van der Waals surface area contributed by atoms with Crippen molar-refractivity contribution in [2.45, 2.75) is 51.0 Å². The van der Waals surface area contributed by atoms with E-state index >= 15 is 0 Å². The number of hydrogen-bond acceptors (Lipinski definition) is 1. The highest BCUT2D eigenvalue weighted by Crippen LogP contribution is 2.29. The van der Waals surface area contributed by atoms with Crippen LogP contribution in [0.15, 0.2) is 12.7 Å². The van der Waals surface area contributed by atoms with E-state index in [1.54, 1.807) is 0 Å². The Kier molecular flexibility index (Phi) is 4.37. The van der Waals surface area contributed by atoms with Gasteiger partial charge in [0, 0.05) is 0 Å². The normalized spacial score (nSPS) is 21.1. The average Bonchev–Trinajstić information content (AvgIpc) is 2.56. The molecule has 0 radical (unpaired) electrons. The summed E-state index contributed by atoms with van der Waals surface area (Å²) >= 11 is 0. The molecule has 0 bridgehead atoms. The maximum atomic E-state index is 9.74. The highest BCUT2D eigenvalue weighted by atomic mass is 16.3. The molecule has 0 amide bonds. The highest BCUT2D eigenvalue weighted by molar-refractivity contribution is 4.76. The minimum Gasteiger partial charge on any atom is -0.393 e. The molecule has 1 N–H and O–H groups in total. The van der Waals surface area contributed by atoms with Crippen LogP contribution in [-0.4, -0.2) is 11.2 Å². The Morgan fingerprint density at radius 1 is 1.42 bits per heavy atom. The van der Waals surface area contributed by atoms with Gasteiger partial charge in [0.15, 0.2) is 0 Å². The van der Waals surface area contributed by atoms with Gasteiger partial charge in [0.2, 0.25) is 0 Å². The molecule has 12 heavy (non-hydrogen) atoms. The minimum absolute atomic E-state index is 0.0348. The molecule has 1 atom stereocenters. The Hall–Kier alpha value is -0.300. The lowest BCUT2D eigenvalue weighted by molar-refractivity contribution is 0.100. The van der Waals surface area contributed by atoms with E-state index in [0.29, 0.717) is 5.92 Å². The summed E-state index contributed by atoms with van der Waals surface area (Å²) in [7, 11) is 0. The smallest absolute Gasteiger partial charge is 0.0568 e. The Bertz CT molecular complexity index is 125. The van der Waals surface area contributed by atoms with E-state index in [1.165, 1.54) is 25.7 Å². The molecule has 0 aromatic heterocycles. The fourth-order valence-electron chi connectivity index (χ4n) is 2.05. The van der Waals surface area contributed by atoms with Crippen LogP contribution >= 0.6 is 0 Å². The summed E-state index contributed by atoms with van der Waals surface area (Å²) in [6.45, 7) is 3.67. The number of allylic oxidation sites excluding steroid dienone is 1. The number of rotatable bonds is 5. The first-order valence-electron chi connectivity index (χ1n) is 5.13. The molecule has 1 aliphatic carbocycles. The molecule has 0 saturated heterocycles. The van der Waals surface area contributed by atoms with Crippen molar-refractivity contribution >= 4 is 0 Å². The first-order chi connectivity index (χ1) is 5.84. The molecule has 0 aromatic carbocycles. The van der Waals surface area contributed by atoms with Gasteiger partial charge in [-0.05, 0) is 38.0 Å². The molecule has 0 heterocycles. The molecule has 1 heteroatoms. The van der Waals surface area contributed by atoms with Gasteiger partial charge in [0.1, 0.15) is 0 Å². The van der Waals surface area contributed by atoms with Gasteiger partial charge in [-0.2, -0.15) is 0 Å². The third-order valence-corrected chi connectivity index (χ3v) is 2.85. The largest absolute Gasteiger partial charge is 0.393 e. The van der Waals surface area contributed by atoms with Gasteiger partial charge in [0.05, 0.1) is 6.10 Å². The van der Waals surface area contributed by atoms with E-state index < -0.39 is 0 Å². The Morgan fingerprint density at radius 3 is 2.67 bits per heavy atom. The SMILES string of the molecule is C=CCCCC(O)C1CCCC1. The molecular weight excluding hydrogens is 148 g/mol. The summed E-state index contributed by atoms with van der Waals surface area (Å²) in [5.41, 5.74) is 0. The van der Waals surface area contributed by atoms with Crippen LogP contribution in [0.25, 0.3) is 0 Å². The first kappa shape index (κ1) is 9.79. The zero-order valence-electron chi connectivity index (χ0n) is 7.84. The predicted molar refractivity (Wildman–Crippen MR) is 52.0 cm³/mol. The third-order valence-electron chi connectivity index (χ3n) is 2.85. The molecule has 0 aliphatic heterocycles. The Balaban J connectivity index is 2.09. The average molecular weight is 168 g/mol. The quantitative estimate of drug-likeness (QED) is 0.494. The van der Waals surface area contributed by atoms with Crippen molar-refractivity contribution in [1.29, 1.82) is 0 Å². The van der Waals surface area contributed by atoms with Gasteiger partial charge in [0.25, 0.3) is 0 Å². The molecular formula is C11H20O. The molecule has 1 nitrogen and oxygen atoms in total. The van der Waals surface area contributed by atoms with Gasteiger partial charge >= 0.3 is 0 Å². The summed E-state index contributed by atoms with van der Waals surface area (Å²) in [6, 6.07) is 0. The topological polar surface area (TPSA) is 20.2 Å². The Morgan fingerprint density at radius 2 is 2.08 bits per heavy atom. The molecule has 1 rings (SSSR count). The van der Waals surface area contributed by atoms with E-state index in [9.17, 15) is 5.11 Å². The lowest BCUT2D eigenvalue weighted by Crippen LogP contribution is -2.16. The van der Waals surface area contributed by atoms with Crippen molar-refractivity contribution in [3.63, 3.8) is 0 Å². The maximum absolute atomic E-state index is 9.74. The summed E-state index contributed by atoms with van der Waals surface area (Å²) in [5, 5.41) is 9.74. The standard InChI is InChI=1S/C11H20O/c1-2-3-4-9-11(12)10-7-5-6-8-10/h2,10-12H,1,3-9H2. The lowest BCUT2D eigenvalue weighted by Gasteiger charge is -2.16. The number of hydrogen-bond donors (Lipinski definition) is 1. The van der Waals surface area contributed by atoms with Crippen LogP contribution in [0.1, 0.15) is 44.9 Å². The van der Waals surface area contributed by atoms with Crippen molar-refractivity contribution in [2.24, 2.45) is 5.92 Å². The summed E-state index contributed by atoms with van der Waals surface area (Å²) in [4.78, 5) is 0. The van der Waals surface area contributed by atoms with E-state index in [4.69, 9.17) is 0 Å². The first-order valence-corrected chi connectivity index (χ1v) is 5.13. The van der Waals surface area contributed by atoms with Gasteiger partial charge in [-0.25, -0.2) is 0 Å². The fourth-order valence-corrected chi connectivity index (χ4v) is 2.05. The number of aliphatic hydroxyl groups excluding tert-OH is 1. The van der Waals surface area contributed by atoms with E-state index in [0.717, 1.165) is 19.3 Å². The summed E-state index contributed by atoms with van der Waals surface area (Å²) < 4.78 is 0. The van der Waals surface area contributed by atoms with Crippen LogP contribution in [0, 0.1) is 5.92 Å². The highest BCUT2D eigenvalue weighted by Gasteiger charge is 2.22. The van der Waals surface area contributed by atoms with Crippen molar-refractivity contribution < 1.29 is 5.11 Å². The summed E-state index contributed by atoms with van der Waals surface area (Å²) in [5.74, 6) is 0.606. The van der Waals surface area contributed by atoms with Crippen LogP contribution < -0.4 is 0 Å². The molecule has 1 saturated carbocycles. The van der Waals surface area contributed by atoms with E-state index in [2.05, 4.69) is 6.58 Å². The van der Waals surface area contributed by atoms with Crippen molar-refractivity contribution in [1.82, 2.24) is 0 Å². The van der Waals surface area contributed by atoms with Gasteiger partial charge in [-0.1, -0.05) is 18.9 Å². The van der Waals surface area contributed by atoms with Gasteiger partial charge in [-0.15, -0.1) is 6.58 Å². The zero-order valence-corrected chi connectivity index (χ0v) is 7.84. The molecule has 1 unspecified atom stereocenters. The summed E-state index contributed by atoms with van der Waals surface area (Å²) in [6.07, 6.45) is 10.1. The number of aliphatic hydroxyl groups is 1. The third kappa shape index (κ3) is 2.98. The molecule has 1 fully saturated rings. The zero-order chi connectivity index (χ0) is 8.81. The van der Waals surface area contributed by atoms with E-state index in [1.807, 2.05) is 6.08 Å². The van der Waals surface area contributed by atoms with Crippen LogP contribution in [0.3, 0.4) is 0 Å². The number of unbranched alkanes of at least 4 members (excludes halogenated alkanes) is 1. The maximum Gasteiger partial charge on any atom is 0.0568 e.